The van der Waals surface area contributed by atoms with E-state index in [0.29, 0.717) is 17.1 Å². The number of hydrogen-bond acceptors (Lipinski definition) is 3. The summed E-state index contributed by atoms with van der Waals surface area (Å²) < 4.78 is 31.1. The van der Waals surface area contributed by atoms with Crippen molar-refractivity contribution in [2.24, 2.45) is 0 Å². The molecule has 1 aromatic heterocycles. The molecule has 0 aliphatic heterocycles. The molecule has 21 heavy (non-hydrogen) atoms. The SMILES string of the molecule is COc1ccc(NC(=O)c2cccn2CC(F)F)cc1N. The van der Waals surface area contributed by atoms with Crippen molar-refractivity contribution in [3.8, 4) is 5.75 Å². The number of halogens is 2. The van der Waals surface area contributed by atoms with Gasteiger partial charge in [-0.25, -0.2) is 8.78 Å². The highest BCUT2D eigenvalue weighted by molar-refractivity contribution is 6.03. The van der Waals surface area contributed by atoms with E-state index < -0.39 is 18.9 Å². The summed E-state index contributed by atoms with van der Waals surface area (Å²) >= 11 is 0. The van der Waals surface area contributed by atoms with Gasteiger partial charge in [-0.05, 0) is 30.3 Å². The molecule has 0 atom stereocenters. The van der Waals surface area contributed by atoms with Crippen molar-refractivity contribution in [2.45, 2.75) is 13.0 Å². The van der Waals surface area contributed by atoms with Gasteiger partial charge in [0.05, 0.1) is 19.3 Å². The number of hydrogen-bond donors (Lipinski definition) is 2. The van der Waals surface area contributed by atoms with Crippen LogP contribution in [-0.4, -0.2) is 24.0 Å². The Morgan fingerprint density at radius 1 is 1.43 bits per heavy atom. The predicted molar refractivity (Wildman–Crippen MR) is 75.8 cm³/mol. The fourth-order valence-corrected chi connectivity index (χ4v) is 1.94. The molecule has 2 rings (SSSR count). The third kappa shape index (κ3) is 3.50. The van der Waals surface area contributed by atoms with E-state index in [2.05, 4.69) is 5.32 Å². The van der Waals surface area contributed by atoms with Gasteiger partial charge in [0, 0.05) is 11.9 Å². The van der Waals surface area contributed by atoms with Crippen molar-refractivity contribution in [2.75, 3.05) is 18.2 Å². The van der Waals surface area contributed by atoms with Gasteiger partial charge >= 0.3 is 0 Å². The van der Waals surface area contributed by atoms with Gasteiger partial charge in [0.25, 0.3) is 12.3 Å². The number of aromatic nitrogens is 1. The van der Waals surface area contributed by atoms with Crippen molar-refractivity contribution < 1.29 is 18.3 Å². The molecule has 0 saturated carbocycles. The maximum Gasteiger partial charge on any atom is 0.272 e. The van der Waals surface area contributed by atoms with Crippen LogP contribution in [0.15, 0.2) is 36.5 Å². The first-order valence-electron chi connectivity index (χ1n) is 6.19. The second-order valence-corrected chi connectivity index (χ2v) is 4.35. The number of carbonyl (C=O) groups excluding carboxylic acids is 1. The first kappa shape index (κ1) is 14.8. The van der Waals surface area contributed by atoms with E-state index in [4.69, 9.17) is 10.5 Å². The van der Waals surface area contributed by atoms with Crippen molar-refractivity contribution in [3.63, 3.8) is 0 Å². The maximum absolute atomic E-state index is 12.4. The van der Waals surface area contributed by atoms with E-state index >= 15 is 0 Å². The minimum atomic E-state index is -2.53. The molecule has 0 spiro atoms. The Balaban J connectivity index is 2.15. The zero-order chi connectivity index (χ0) is 15.4. The number of amides is 1. The first-order chi connectivity index (χ1) is 10.0. The number of rotatable bonds is 5. The second-order valence-electron chi connectivity index (χ2n) is 4.35. The lowest BCUT2D eigenvalue weighted by atomic mass is 10.2. The van der Waals surface area contributed by atoms with Crippen LogP contribution < -0.4 is 15.8 Å². The topological polar surface area (TPSA) is 69.3 Å². The van der Waals surface area contributed by atoms with Gasteiger partial charge in [-0.15, -0.1) is 0 Å². The summed E-state index contributed by atoms with van der Waals surface area (Å²) in [4.78, 5) is 12.1. The fourth-order valence-electron chi connectivity index (χ4n) is 1.94. The molecule has 1 heterocycles. The number of methoxy groups -OCH3 is 1. The Morgan fingerprint density at radius 3 is 2.81 bits per heavy atom. The highest BCUT2D eigenvalue weighted by Gasteiger charge is 2.14. The lowest BCUT2D eigenvalue weighted by Gasteiger charge is -2.11. The number of nitrogens with zero attached hydrogens (tertiary/aromatic N) is 1. The highest BCUT2D eigenvalue weighted by Crippen LogP contribution is 2.24. The molecule has 0 unspecified atom stereocenters. The molecule has 2 aromatic rings. The molecule has 5 nitrogen and oxygen atoms in total. The van der Waals surface area contributed by atoms with Crippen LogP contribution in [-0.2, 0) is 6.54 Å². The number of anilines is 2. The molecule has 0 bridgehead atoms. The van der Waals surface area contributed by atoms with Crippen LogP contribution in [0.4, 0.5) is 20.2 Å². The van der Waals surface area contributed by atoms with Gasteiger partial charge in [-0.2, -0.15) is 0 Å². The van der Waals surface area contributed by atoms with E-state index in [1.165, 1.54) is 30.0 Å². The molecule has 1 aromatic carbocycles. The average Bonchev–Trinajstić information content (AvgIpc) is 2.86. The molecule has 0 saturated heterocycles. The third-order valence-electron chi connectivity index (χ3n) is 2.88. The van der Waals surface area contributed by atoms with Gasteiger partial charge in [-0.3, -0.25) is 4.79 Å². The van der Waals surface area contributed by atoms with Gasteiger partial charge in [0.2, 0.25) is 0 Å². The lowest BCUT2D eigenvalue weighted by Crippen LogP contribution is -2.19. The van der Waals surface area contributed by atoms with Gasteiger partial charge in [0.1, 0.15) is 11.4 Å². The molecule has 0 aliphatic rings. The van der Waals surface area contributed by atoms with Crippen LogP contribution in [0.25, 0.3) is 0 Å². The number of carbonyl (C=O) groups is 1. The average molecular weight is 295 g/mol. The van der Waals surface area contributed by atoms with Gasteiger partial charge in [-0.1, -0.05) is 0 Å². The molecule has 3 N–H and O–H groups in total. The fraction of sp³-hybridized carbons (Fsp3) is 0.214. The van der Waals surface area contributed by atoms with E-state index in [9.17, 15) is 13.6 Å². The third-order valence-corrected chi connectivity index (χ3v) is 2.88. The Bertz CT molecular complexity index is 641. The van der Waals surface area contributed by atoms with E-state index in [1.54, 1.807) is 18.2 Å². The zero-order valence-corrected chi connectivity index (χ0v) is 11.3. The molecule has 7 heteroatoms. The molecule has 0 aliphatic carbocycles. The minimum absolute atomic E-state index is 0.157. The molecule has 0 fully saturated rings. The summed E-state index contributed by atoms with van der Waals surface area (Å²) in [5.41, 5.74) is 6.73. The zero-order valence-electron chi connectivity index (χ0n) is 11.3. The molecule has 0 radical (unpaired) electrons. The number of nitrogen functional groups attached to an aromatic ring is 1. The Labute approximate surface area is 120 Å². The van der Waals surface area contributed by atoms with Crippen LogP contribution in [0, 0.1) is 0 Å². The first-order valence-corrected chi connectivity index (χ1v) is 6.19. The summed E-state index contributed by atoms with van der Waals surface area (Å²) in [7, 11) is 1.49. The van der Waals surface area contributed by atoms with Crippen LogP contribution >= 0.6 is 0 Å². The lowest BCUT2D eigenvalue weighted by molar-refractivity contribution is 0.0998. The van der Waals surface area contributed by atoms with E-state index in [-0.39, 0.29) is 5.69 Å². The van der Waals surface area contributed by atoms with Gasteiger partial charge < -0.3 is 20.4 Å². The number of ether oxygens (including phenoxy) is 1. The minimum Gasteiger partial charge on any atom is -0.495 e. The van der Waals surface area contributed by atoms with Crippen molar-refractivity contribution in [1.29, 1.82) is 0 Å². The van der Waals surface area contributed by atoms with E-state index in [0.717, 1.165) is 0 Å². The number of nitrogens with two attached hydrogens (primary N) is 1. The van der Waals surface area contributed by atoms with Crippen LogP contribution in [0.5, 0.6) is 5.75 Å². The Morgan fingerprint density at radius 2 is 2.19 bits per heavy atom. The summed E-state index contributed by atoms with van der Waals surface area (Å²) in [6.07, 6.45) is -1.09. The Kier molecular flexibility index (Phi) is 4.42. The normalized spacial score (nSPS) is 10.7. The molecule has 112 valence electrons. The summed E-state index contributed by atoms with van der Waals surface area (Å²) in [6.45, 7) is -0.527. The molecular weight excluding hydrogens is 280 g/mol. The largest absolute Gasteiger partial charge is 0.495 e. The van der Waals surface area contributed by atoms with Crippen LogP contribution in [0.3, 0.4) is 0 Å². The molecular formula is C14H15F2N3O2. The van der Waals surface area contributed by atoms with Crippen LogP contribution in [0.2, 0.25) is 0 Å². The highest BCUT2D eigenvalue weighted by atomic mass is 19.3. The van der Waals surface area contributed by atoms with Crippen LogP contribution in [0.1, 0.15) is 10.5 Å². The monoisotopic (exact) mass is 295 g/mol. The smallest absolute Gasteiger partial charge is 0.272 e. The summed E-state index contributed by atoms with van der Waals surface area (Å²) in [6, 6.07) is 7.79. The standard InChI is InChI=1S/C14H15F2N3O2/c1-21-12-5-4-9(7-10(12)17)18-14(20)11-3-2-6-19(11)8-13(15)16/h2-7,13H,8,17H2,1H3,(H,18,20). The predicted octanol–water partition coefficient (Wildman–Crippen LogP) is 2.60. The second kappa shape index (κ2) is 6.25. The van der Waals surface area contributed by atoms with E-state index in [1.807, 2.05) is 0 Å². The Hall–Kier alpha value is -2.57. The number of benzene rings is 1. The summed E-state index contributed by atoms with van der Waals surface area (Å²) in [5, 5.41) is 2.61. The van der Waals surface area contributed by atoms with Crippen molar-refractivity contribution >= 4 is 17.3 Å². The van der Waals surface area contributed by atoms with Crippen molar-refractivity contribution in [3.05, 3.63) is 42.2 Å². The van der Waals surface area contributed by atoms with Crippen molar-refractivity contribution in [1.82, 2.24) is 4.57 Å². The number of alkyl halides is 2. The molecule has 1 amide bonds. The quantitative estimate of drug-likeness (QED) is 0.833. The summed E-state index contributed by atoms with van der Waals surface area (Å²) in [5.74, 6) is 0.0132. The number of nitrogens with one attached hydrogen (secondary N) is 1. The van der Waals surface area contributed by atoms with Gasteiger partial charge in [0.15, 0.2) is 0 Å². The maximum atomic E-state index is 12.4.